The van der Waals surface area contributed by atoms with Gasteiger partial charge in [0.15, 0.2) is 0 Å². The van der Waals surface area contributed by atoms with E-state index in [-0.39, 0.29) is 6.10 Å². The van der Waals surface area contributed by atoms with Gasteiger partial charge >= 0.3 is 0 Å². The molecule has 0 N–H and O–H groups in total. The normalized spacial score (nSPS) is 29.5. The standard InChI is InChI=1S/C21H39N3O7/c25-20-22-2-1-21-19-24-6-11-28-15-13-26-8-3-23(5-10-30-17-18-31-21)4-9-27-14-16-29-12-7-24/h21H,1-19H2. The van der Waals surface area contributed by atoms with E-state index in [2.05, 4.69) is 14.8 Å². The number of nitrogens with zero attached hydrogens (tertiary/aromatic N) is 3. The van der Waals surface area contributed by atoms with Crippen LogP contribution in [0.15, 0.2) is 4.99 Å². The molecule has 1 atom stereocenters. The zero-order chi connectivity index (χ0) is 21.8. The van der Waals surface area contributed by atoms with Crippen LogP contribution in [0.5, 0.6) is 0 Å². The maximum absolute atomic E-state index is 10.4. The fraction of sp³-hybridized carbons (Fsp3) is 0.952. The zero-order valence-electron chi connectivity index (χ0n) is 18.7. The van der Waals surface area contributed by atoms with Crippen molar-refractivity contribution in [1.82, 2.24) is 9.80 Å². The molecule has 0 aliphatic carbocycles. The third-order valence-electron chi connectivity index (χ3n) is 5.17. The highest BCUT2D eigenvalue weighted by Gasteiger charge is 2.16. The second-order valence-electron chi connectivity index (χ2n) is 7.46. The van der Waals surface area contributed by atoms with Gasteiger partial charge in [-0.1, -0.05) is 0 Å². The van der Waals surface area contributed by atoms with Crippen molar-refractivity contribution in [2.45, 2.75) is 12.5 Å². The van der Waals surface area contributed by atoms with Crippen LogP contribution in [0.1, 0.15) is 6.42 Å². The Kier molecular flexibility index (Phi) is 15.8. The topological polar surface area (TPSA) is 91.3 Å². The number of ether oxygens (including phenoxy) is 6. The summed E-state index contributed by atoms with van der Waals surface area (Å²) >= 11 is 0. The Bertz CT molecular complexity index is 460. The molecule has 0 aromatic rings. The van der Waals surface area contributed by atoms with Crippen LogP contribution in [0.4, 0.5) is 0 Å². The number of hydrogen-bond acceptors (Lipinski definition) is 10. The van der Waals surface area contributed by atoms with Gasteiger partial charge in [0.2, 0.25) is 6.08 Å². The van der Waals surface area contributed by atoms with Crippen LogP contribution in [0, 0.1) is 0 Å². The Labute approximate surface area is 185 Å². The van der Waals surface area contributed by atoms with Gasteiger partial charge in [0.05, 0.1) is 85.3 Å². The zero-order valence-corrected chi connectivity index (χ0v) is 18.7. The third kappa shape index (κ3) is 13.9. The van der Waals surface area contributed by atoms with E-state index >= 15 is 0 Å². The SMILES string of the molecule is O=C=NCCC1CN2CCOCCOCCN(CCOCCOCC2)CCOCCO1. The van der Waals surface area contributed by atoms with Gasteiger partial charge in [-0.3, -0.25) is 9.80 Å². The molecule has 3 aliphatic heterocycles. The summed E-state index contributed by atoms with van der Waals surface area (Å²) in [5, 5.41) is 0. The van der Waals surface area contributed by atoms with Gasteiger partial charge in [0.1, 0.15) is 0 Å². The molecule has 10 nitrogen and oxygen atoms in total. The summed E-state index contributed by atoms with van der Waals surface area (Å²) in [7, 11) is 0. The molecule has 3 heterocycles. The third-order valence-corrected chi connectivity index (χ3v) is 5.17. The lowest BCUT2D eigenvalue weighted by Crippen LogP contribution is -2.39. The maximum atomic E-state index is 10.4. The molecular formula is C21H39N3O7. The Morgan fingerprint density at radius 1 is 0.645 bits per heavy atom. The molecule has 3 fully saturated rings. The molecule has 10 heteroatoms. The largest absolute Gasteiger partial charge is 0.378 e. The van der Waals surface area contributed by atoms with Crippen molar-refractivity contribution in [3.63, 3.8) is 0 Å². The van der Waals surface area contributed by atoms with E-state index in [4.69, 9.17) is 28.4 Å². The molecule has 0 spiro atoms. The average Bonchev–Trinajstić information content (AvgIpc) is 2.77. The van der Waals surface area contributed by atoms with E-state index in [1.54, 1.807) is 6.08 Å². The molecule has 3 aliphatic rings. The Morgan fingerprint density at radius 2 is 1.10 bits per heavy atom. The van der Waals surface area contributed by atoms with Crippen molar-refractivity contribution in [2.24, 2.45) is 4.99 Å². The minimum absolute atomic E-state index is 0.0540. The molecule has 180 valence electrons. The monoisotopic (exact) mass is 445 g/mol. The molecule has 0 aromatic heterocycles. The van der Waals surface area contributed by atoms with Gasteiger partial charge in [-0.25, -0.2) is 9.79 Å². The first-order chi connectivity index (χ1) is 15.4. The first-order valence-electron chi connectivity index (χ1n) is 11.4. The van der Waals surface area contributed by atoms with Crippen molar-refractivity contribution in [3.8, 4) is 0 Å². The molecule has 3 rings (SSSR count). The van der Waals surface area contributed by atoms with Crippen LogP contribution >= 0.6 is 0 Å². The summed E-state index contributed by atoms with van der Waals surface area (Å²) in [6, 6.07) is 0. The number of carbonyl (C=O) groups excluding carboxylic acids is 1. The summed E-state index contributed by atoms with van der Waals surface area (Å²) in [6.45, 7) is 11.6. The molecule has 3 saturated heterocycles. The van der Waals surface area contributed by atoms with E-state index in [9.17, 15) is 4.79 Å². The number of aliphatic imine (C=N–C) groups is 1. The van der Waals surface area contributed by atoms with Gasteiger partial charge in [0, 0.05) is 39.3 Å². The molecule has 1 unspecified atom stereocenters. The van der Waals surface area contributed by atoms with E-state index in [1.165, 1.54) is 0 Å². The average molecular weight is 446 g/mol. The van der Waals surface area contributed by atoms with Crippen molar-refractivity contribution < 1.29 is 33.2 Å². The highest BCUT2D eigenvalue weighted by Crippen LogP contribution is 2.05. The van der Waals surface area contributed by atoms with Crippen LogP contribution in [-0.4, -0.2) is 140 Å². The summed E-state index contributed by atoms with van der Waals surface area (Å²) in [5.74, 6) is 0. The summed E-state index contributed by atoms with van der Waals surface area (Å²) in [4.78, 5) is 18.7. The lowest BCUT2D eigenvalue weighted by atomic mass is 10.2. The second kappa shape index (κ2) is 18.6. The predicted molar refractivity (Wildman–Crippen MR) is 114 cm³/mol. The smallest absolute Gasteiger partial charge is 0.234 e. The fourth-order valence-corrected chi connectivity index (χ4v) is 3.39. The molecule has 0 amide bonds. The van der Waals surface area contributed by atoms with Gasteiger partial charge < -0.3 is 28.4 Å². The van der Waals surface area contributed by atoms with Gasteiger partial charge in [-0.15, -0.1) is 0 Å². The fourth-order valence-electron chi connectivity index (χ4n) is 3.39. The minimum Gasteiger partial charge on any atom is -0.378 e. The lowest BCUT2D eigenvalue weighted by Gasteiger charge is -2.28. The highest BCUT2D eigenvalue weighted by atomic mass is 16.5. The van der Waals surface area contributed by atoms with Crippen LogP contribution in [0.2, 0.25) is 0 Å². The van der Waals surface area contributed by atoms with Crippen LogP contribution in [0.25, 0.3) is 0 Å². The number of isocyanates is 1. The molecule has 0 saturated carbocycles. The molecule has 0 aromatic carbocycles. The van der Waals surface area contributed by atoms with Crippen LogP contribution in [-0.2, 0) is 33.2 Å². The van der Waals surface area contributed by atoms with Crippen molar-refractivity contribution >= 4 is 6.08 Å². The molecule has 0 radical (unpaired) electrons. The van der Waals surface area contributed by atoms with E-state index < -0.39 is 0 Å². The van der Waals surface area contributed by atoms with Crippen molar-refractivity contribution in [3.05, 3.63) is 0 Å². The summed E-state index contributed by atoms with van der Waals surface area (Å²) in [6.07, 6.45) is 2.20. The number of hydrogen-bond donors (Lipinski definition) is 0. The number of fused-ring (bicyclic) bond motifs is 21. The summed E-state index contributed by atoms with van der Waals surface area (Å²) in [5.41, 5.74) is 0. The van der Waals surface area contributed by atoms with Crippen molar-refractivity contribution in [1.29, 1.82) is 0 Å². The number of rotatable bonds is 3. The first-order valence-corrected chi connectivity index (χ1v) is 11.4. The van der Waals surface area contributed by atoms with Crippen LogP contribution < -0.4 is 0 Å². The minimum atomic E-state index is -0.0540. The Balaban J connectivity index is 1.99. The second-order valence-corrected chi connectivity index (χ2v) is 7.46. The van der Waals surface area contributed by atoms with Gasteiger partial charge in [-0.05, 0) is 6.42 Å². The molecular weight excluding hydrogens is 406 g/mol. The van der Waals surface area contributed by atoms with E-state index in [0.29, 0.717) is 92.2 Å². The Hall–Kier alpha value is -0.940. The quantitative estimate of drug-likeness (QED) is 0.433. The van der Waals surface area contributed by atoms with Gasteiger partial charge in [-0.2, -0.15) is 0 Å². The lowest BCUT2D eigenvalue weighted by molar-refractivity contribution is -0.0341. The highest BCUT2D eigenvalue weighted by molar-refractivity contribution is 5.32. The van der Waals surface area contributed by atoms with Crippen LogP contribution in [0.3, 0.4) is 0 Å². The van der Waals surface area contributed by atoms with Gasteiger partial charge in [0.25, 0.3) is 0 Å². The maximum Gasteiger partial charge on any atom is 0.234 e. The summed E-state index contributed by atoms with van der Waals surface area (Å²) < 4.78 is 34.8. The first kappa shape index (κ1) is 26.3. The predicted octanol–water partition coefficient (Wildman–Crippen LogP) is -0.188. The molecule has 2 bridgehead atoms. The van der Waals surface area contributed by atoms with Crippen molar-refractivity contribution in [2.75, 3.05) is 118 Å². The van der Waals surface area contributed by atoms with E-state index in [1.807, 2.05) is 0 Å². The van der Waals surface area contributed by atoms with E-state index in [0.717, 1.165) is 32.7 Å². The Morgan fingerprint density at radius 3 is 1.58 bits per heavy atom. The molecule has 31 heavy (non-hydrogen) atoms.